The van der Waals surface area contributed by atoms with E-state index in [4.69, 9.17) is 5.11 Å². The van der Waals surface area contributed by atoms with Gasteiger partial charge in [-0.25, -0.2) is 4.79 Å². The number of halogens is 1. The van der Waals surface area contributed by atoms with Crippen molar-refractivity contribution in [3.8, 4) is 0 Å². The lowest BCUT2D eigenvalue weighted by Crippen LogP contribution is -2.28. The summed E-state index contributed by atoms with van der Waals surface area (Å²) in [5, 5.41) is 9.39. The zero-order valence-electron chi connectivity index (χ0n) is 11.2. The van der Waals surface area contributed by atoms with Crippen molar-refractivity contribution < 1.29 is 14.3 Å². The van der Waals surface area contributed by atoms with Gasteiger partial charge in [0.2, 0.25) is 11.4 Å². The minimum absolute atomic E-state index is 0.162. The minimum Gasteiger partial charge on any atom is -0.477 e. The maximum absolute atomic E-state index is 14.5. The molecule has 1 aliphatic heterocycles. The highest BCUT2D eigenvalue weighted by Crippen LogP contribution is 2.33. The molecule has 1 aromatic heterocycles. The fourth-order valence-corrected chi connectivity index (χ4v) is 3.04. The maximum atomic E-state index is 14.5. The number of aryl methyl sites for hydroxylation is 2. The van der Waals surface area contributed by atoms with Crippen molar-refractivity contribution in [2.45, 2.75) is 32.7 Å². The van der Waals surface area contributed by atoms with Crippen LogP contribution in [0, 0.1) is 12.9 Å². The summed E-state index contributed by atoms with van der Waals surface area (Å²) in [6, 6.07) is 3.23. The molecule has 0 saturated carbocycles. The first-order valence-corrected chi connectivity index (χ1v) is 6.53. The number of benzene rings is 1. The number of rotatable bonds is 1. The number of aromatic carboxylic acids is 1. The monoisotopic (exact) mass is 275 g/mol. The first-order chi connectivity index (χ1) is 9.43. The summed E-state index contributed by atoms with van der Waals surface area (Å²) in [4.78, 5) is 23.4. The van der Waals surface area contributed by atoms with Gasteiger partial charge in [-0.2, -0.15) is 4.39 Å². The molecule has 0 unspecified atom stereocenters. The number of carboxylic acids is 1. The van der Waals surface area contributed by atoms with Crippen LogP contribution in [0.25, 0.3) is 10.9 Å². The van der Waals surface area contributed by atoms with Crippen LogP contribution in [0.5, 0.6) is 0 Å². The molecule has 2 aromatic rings. The average Bonchev–Trinajstić information content (AvgIpc) is 2.37. The molecule has 0 spiro atoms. The topological polar surface area (TPSA) is 59.3 Å². The highest BCUT2D eigenvalue weighted by atomic mass is 19.1. The summed E-state index contributed by atoms with van der Waals surface area (Å²) in [6.07, 6.45) is 1.50. The minimum atomic E-state index is -1.52. The Morgan fingerprint density at radius 1 is 1.45 bits per heavy atom. The molecule has 2 heterocycles. The lowest BCUT2D eigenvalue weighted by Gasteiger charge is -2.28. The number of aromatic nitrogens is 1. The number of carboxylic acid groups (broad SMARTS) is 1. The summed E-state index contributed by atoms with van der Waals surface area (Å²) in [7, 11) is 0. The van der Waals surface area contributed by atoms with Gasteiger partial charge in [-0.3, -0.25) is 4.79 Å². The van der Waals surface area contributed by atoms with Gasteiger partial charge < -0.3 is 9.67 Å². The van der Waals surface area contributed by atoms with Crippen molar-refractivity contribution in [1.82, 2.24) is 4.57 Å². The third-order valence-corrected chi connectivity index (χ3v) is 4.11. The first kappa shape index (κ1) is 12.8. The molecule has 0 fully saturated rings. The van der Waals surface area contributed by atoms with E-state index in [0.717, 1.165) is 24.0 Å². The Morgan fingerprint density at radius 3 is 2.80 bits per heavy atom. The predicted molar refractivity (Wildman–Crippen MR) is 72.9 cm³/mol. The molecule has 1 N–H and O–H groups in total. The third-order valence-electron chi connectivity index (χ3n) is 4.11. The van der Waals surface area contributed by atoms with E-state index in [9.17, 15) is 14.0 Å². The Hall–Kier alpha value is -2.17. The molecular weight excluding hydrogens is 261 g/mol. The van der Waals surface area contributed by atoms with Gasteiger partial charge in [-0.05, 0) is 43.9 Å². The molecule has 3 rings (SSSR count). The normalized spacial score (nSPS) is 17.4. The third kappa shape index (κ3) is 1.52. The van der Waals surface area contributed by atoms with Gasteiger partial charge in [0.1, 0.15) is 0 Å². The molecule has 5 heteroatoms. The molecule has 20 heavy (non-hydrogen) atoms. The fraction of sp³-hybridized carbons (Fsp3) is 0.333. The van der Waals surface area contributed by atoms with E-state index in [1.807, 2.05) is 13.8 Å². The Labute approximate surface area is 114 Å². The molecule has 0 amide bonds. The van der Waals surface area contributed by atoms with Crippen molar-refractivity contribution >= 4 is 16.9 Å². The van der Waals surface area contributed by atoms with E-state index in [0.29, 0.717) is 5.52 Å². The molecular formula is C15H14FNO3. The van der Waals surface area contributed by atoms with E-state index < -0.39 is 22.9 Å². The van der Waals surface area contributed by atoms with Crippen molar-refractivity contribution in [3.05, 3.63) is 45.0 Å². The predicted octanol–water partition coefficient (Wildman–Crippen LogP) is 2.65. The van der Waals surface area contributed by atoms with Crippen LogP contribution in [-0.4, -0.2) is 15.6 Å². The Morgan fingerprint density at radius 2 is 2.15 bits per heavy atom. The number of nitrogens with zero attached hydrogens (tertiary/aromatic N) is 1. The number of carbonyl (C=O) groups is 1. The maximum Gasteiger partial charge on any atom is 0.344 e. The standard InChI is InChI=1S/C15H14FNO3/c1-7-3-5-10-12-9(7)6-4-8(2)17(12)14(16)11(13(10)18)15(19)20/h3,5,8H,4,6H2,1-2H3,(H,19,20)/t8-/m0/s1. The molecule has 1 aliphatic rings. The Balaban J connectivity index is 2.61. The molecule has 0 saturated heterocycles. The number of pyridine rings is 1. The molecule has 0 radical (unpaired) electrons. The molecule has 0 bridgehead atoms. The van der Waals surface area contributed by atoms with Crippen molar-refractivity contribution in [1.29, 1.82) is 0 Å². The summed E-state index contributed by atoms with van der Waals surface area (Å²) in [6.45, 7) is 3.76. The highest BCUT2D eigenvalue weighted by Gasteiger charge is 2.28. The van der Waals surface area contributed by atoms with Gasteiger partial charge in [0.05, 0.1) is 5.52 Å². The summed E-state index contributed by atoms with van der Waals surface area (Å²) < 4.78 is 15.9. The van der Waals surface area contributed by atoms with Crippen LogP contribution in [0.3, 0.4) is 0 Å². The van der Waals surface area contributed by atoms with E-state index in [1.165, 1.54) is 4.57 Å². The highest BCUT2D eigenvalue weighted by molar-refractivity contribution is 5.94. The van der Waals surface area contributed by atoms with Crippen molar-refractivity contribution in [3.63, 3.8) is 0 Å². The molecule has 4 nitrogen and oxygen atoms in total. The van der Waals surface area contributed by atoms with Gasteiger partial charge in [-0.1, -0.05) is 6.07 Å². The van der Waals surface area contributed by atoms with Crippen LogP contribution in [0.15, 0.2) is 16.9 Å². The SMILES string of the molecule is Cc1ccc2c(=O)c(C(=O)O)c(F)n3c2c1CC[C@@H]3C. The fourth-order valence-electron chi connectivity index (χ4n) is 3.04. The largest absolute Gasteiger partial charge is 0.477 e. The lowest BCUT2D eigenvalue weighted by atomic mass is 9.92. The van der Waals surface area contributed by atoms with Gasteiger partial charge in [0.15, 0.2) is 5.56 Å². The number of hydrogen-bond acceptors (Lipinski definition) is 2. The molecule has 0 aliphatic carbocycles. The zero-order chi connectivity index (χ0) is 14.6. The van der Waals surface area contributed by atoms with Crippen LogP contribution >= 0.6 is 0 Å². The first-order valence-electron chi connectivity index (χ1n) is 6.53. The van der Waals surface area contributed by atoms with Crippen LogP contribution < -0.4 is 5.43 Å². The van der Waals surface area contributed by atoms with Crippen LogP contribution in [-0.2, 0) is 6.42 Å². The molecule has 1 aromatic carbocycles. The second-order valence-corrected chi connectivity index (χ2v) is 5.31. The summed E-state index contributed by atoms with van der Waals surface area (Å²) in [5.41, 5.74) is 0.988. The average molecular weight is 275 g/mol. The van der Waals surface area contributed by atoms with E-state index >= 15 is 0 Å². The second-order valence-electron chi connectivity index (χ2n) is 5.31. The van der Waals surface area contributed by atoms with Gasteiger partial charge in [-0.15, -0.1) is 0 Å². The number of hydrogen-bond donors (Lipinski definition) is 1. The van der Waals surface area contributed by atoms with Crippen molar-refractivity contribution in [2.24, 2.45) is 0 Å². The zero-order valence-corrected chi connectivity index (χ0v) is 11.2. The Kier molecular flexibility index (Phi) is 2.67. The second kappa shape index (κ2) is 4.16. The summed E-state index contributed by atoms with van der Waals surface area (Å²) >= 11 is 0. The Bertz CT molecular complexity index is 807. The molecule has 1 atom stereocenters. The van der Waals surface area contributed by atoms with Gasteiger partial charge >= 0.3 is 5.97 Å². The van der Waals surface area contributed by atoms with Gasteiger partial charge in [0, 0.05) is 11.4 Å². The van der Waals surface area contributed by atoms with E-state index in [-0.39, 0.29) is 11.4 Å². The lowest BCUT2D eigenvalue weighted by molar-refractivity contribution is 0.0688. The summed E-state index contributed by atoms with van der Waals surface area (Å²) in [5.74, 6) is -2.45. The van der Waals surface area contributed by atoms with E-state index in [2.05, 4.69) is 0 Å². The smallest absolute Gasteiger partial charge is 0.344 e. The quantitative estimate of drug-likeness (QED) is 0.814. The van der Waals surface area contributed by atoms with Crippen LogP contribution in [0.2, 0.25) is 0 Å². The van der Waals surface area contributed by atoms with E-state index in [1.54, 1.807) is 12.1 Å². The molecule has 104 valence electrons. The van der Waals surface area contributed by atoms with Crippen molar-refractivity contribution in [2.75, 3.05) is 0 Å². The van der Waals surface area contributed by atoms with Crippen LogP contribution in [0.1, 0.15) is 40.9 Å². The van der Waals surface area contributed by atoms with Crippen LogP contribution in [0.4, 0.5) is 4.39 Å². The van der Waals surface area contributed by atoms with Gasteiger partial charge in [0.25, 0.3) is 0 Å².